The predicted octanol–water partition coefficient (Wildman–Crippen LogP) is 5.66. The number of benzene rings is 3. The molecule has 0 spiro atoms. The number of rotatable bonds is 6. The summed E-state index contributed by atoms with van der Waals surface area (Å²) >= 11 is 2.23. The van der Waals surface area contributed by atoms with E-state index in [4.69, 9.17) is 4.98 Å². The van der Waals surface area contributed by atoms with Crippen molar-refractivity contribution in [2.75, 3.05) is 5.32 Å². The highest BCUT2D eigenvalue weighted by molar-refractivity contribution is 14.1. The molecule has 6 heteroatoms. The number of anilines is 1. The molecule has 31 heavy (non-hydrogen) atoms. The third-order valence-electron chi connectivity index (χ3n) is 4.73. The topological polar surface area (TPSA) is 54.9 Å². The molecule has 0 bridgehead atoms. The van der Waals surface area contributed by atoms with E-state index in [1.807, 2.05) is 54.6 Å². The van der Waals surface area contributed by atoms with Gasteiger partial charge >= 0.3 is 0 Å². The van der Waals surface area contributed by atoms with Gasteiger partial charge in [-0.05, 0) is 70.1 Å². The number of amides is 1. The molecule has 0 saturated heterocycles. The summed E-state index contributed by atoms with van der Waals surface area (Å²) in [7, 11) is 0. The summed E-state index contributed by atoms with van der Waals surface area (Å²) < 4.78 is 14.4. The van der Waals surface area contributed by atoms with Crippen molar-refractivity contribution in [1.29, 1.82) is 0 Å². The molecule has 1 heterocycles. The van der Waals surface area contributed by atoms with Gasteiger partial charge in [-0.3, -0.25) is 4.79 Å². The van der Waals surface area contributed by atoms with E-state index in [1.54, 1.807) is 18.3 Å². The van der Waals surface area contributed by atoms with Gasteiger partial charge in [-0.15, -0.1) is 0 Å². The third kappa shape index (κ3) is 5.73. The number of aromatic nitrogens is 2. The van der Waals surface area contributed by atoms with Crippen molar-refractivity contribution >= 4 is 34.3 Å². The van der Waals surface area contributed by atoms with Gasteiger partial charge in [-0.2, -0.15) is 0 Å². The molecule has 4 aromatic rings. The lowest BCUT2D eigenvalue weighted by atomic mass is 10.1. The van der Waals surface area contributed by atoms with E-state index in [0.29, 0.717) is 23.6 Å². The van der Waals surface area contributed by atoms with E-state index < -0.39 is 0 Å². The molecule has 4 nitrogen and oxygen atoms in total. The summed E-state index contributed by atoms with van der Waals surface area (Å²) in [6, 6.07) is 23.8. The first kappa shape index (κ1) is 21.1. The van der Waals surface area contributed by atoms with Gasteiger partial charge < -0.3 is 5.32 Å². The monoisotopic (exact) mass is 523 g/mol. The van der Waals surface area contributed by atoms with Crippen molar-refractivity contribution < 1.29 is 9.18 Å². The lowest BCUT2D eigenvalue weighted by Gasteiger charge is -2.12. The third-order valence-corrected chi connectivity index (χ3v) is 5.45. The van der Waals surface area contributed by atoms with Crippen LogP contribution in [0.4, 0.5) is 10.2 Å². The van der Waals surface area contributed by atoms with Crippen LogP contribution in [0, 0.1) is 9.39 Å². The lowest BCUT2D eigenvalue weighted by Crippen LogP contribution is -2.17. The molecule has 1 N–H and O–H groups in total. The first-order valence-corrected chi connectivity index (χ1v) is 10.8. The zero-order chi connectivity index (χ0) is 21.6. The van der Waals surface area contributed by atoms with Crippen molar-refractivity contribution in [3.63, 3.8) is 0 Å². The minimum atomic E-state index is -0.305. The maximum absolute atomic E-state index is 13.3. The maximum Gasteiger partial charge on any atom is 0.229 e. The molecule has 0 fully saturated rings. The van der Waals surface area contributed by atoms with Gasteiger partial charge in [-0.25, -0.2) is 14.4 Å². The Hall–Kier alpha value is -3.13. The highest BCUT2D eigenvalue weighted by atomic mass is 127. The van der Waals surface area contributed by atoms with Gasteiger partial charge in [0.2, 0.25) is 5.91 Å². The van der Waals surface area contributed by atoms with Crippen molar-refractivity contribution in [2.45, 2.75) is 12.8 Å². The molecule has 0 unspecified atom stereocenters. The Morgan fingerprint density at radius 1 is 0.903 bits per heavy atom. The Labute approximate surface area is 193 Å². The largest absolute Gasteiger partial charge is 0.309 e. The van der Waals surface area contributed by atoms with Crippen LogP contribution in [0.25, 0.3) is 11.3 Å². The van der Waals surface area contributed by atoms with Gasteiger partial charge in [0.25, 0.3) is 0 Å². The van der Waals surface area contributed by atoms with E-state index >= 15 is 0 Å². The Balaban J connectivity index is 1.61. The van der Waals surface area contributed by atoms with Crippen LogP contribution >= 0.6 is 22.6 Å². The van der Waals surface area contributed by atoms with Crippen molar-refractivity contribution in [2.24, 2.45) is 0 Å². The predicted molar refractivity (Wildman–Crippen MR) is 128 cm³/mol. The highest BCUT2D eigenvalue weighted by Crippen LogP contribution is 2.22. The molecule has 0 radical (unpaired) electrons. The van der Waals surface area contributed by atoms with Crippen LogP contribution < -0.4 is 5.32 Å². The first-order chi connectivity index (χ1) is 15.1. The van der Waals surface area contributed by atoms with Gasteiger partial charge in [-0.1, -0.05) is 42.5 Å². The maximum atomic E-state index is 13.3. The van der Waals surface area contributed by atoms with Gasteiger partial charge in [0.1, 0.15) is 5.82 Å². The van der Waals surface area contributed by atoms with Gasteiger partial charge in [0.15, 0.2) is 5.82 Å². The van der Waals surface area contributed by atoms with Gasteiger partial charge in [0, 0.05) is 15.6 Å². The summed E-state index contributed by atoms with van der Waals surface area (Å²) in [4.78, 5) is 21.9. The number of hydrogen-bond donors (Lipinski definition) is 1. The molecule has 0 atom stereocenters. The normalized spacial score (nSPS) is 10.6. The van der Waals surface area contributed by atoms with Crippen LogP contribution in [0.5, 0.6) is 0 Å². The van der Waals surface area contributed by atoms with Crippen LogP contribution in [0.15, 0.2) is 85.1 Å². The number of nitrogens with one attached hydrogen (secondary N) is 1. The average molecular weight is 523 g/mol. The second-order valence-corrected chi connectivity index (χ2v) is 8.32. The number of nitrogens with zero attached hydrogens (tertiary/aromatic N) is 2. The minimum Gasteiger partial charge on any atom is -0.309 e. The minimum absolute atomic E-state index is 0.153. The van der Waals surface area contributed by atoms with Crippen LogP contribution in [-0.2, 0) is 17.6 Å². The zero-order valence-corrected chi connectivity index (χ0v) is 18.7. The Morgan fingerprint density at radius 3 is 2.32 bits per heavy atom. The molecular weight excluding hydrogens is 504 g/mol. The molecule has 0 aliphatic heterocycles. The van der Waals surface area contributed by atoms with Crippen LogP contribution in [0.3, 0.4) is 0 Å². The van der Waals surface area contributed by atoms with Crippen LogP contribution in [-0.4, -0.2) is 15.9 Å². The summed E-state index contributed by atoms with van der Waals surface area (Å²) in [5.41, 5.74) is 4.03. The standard InChI is InChI=1S/C25H19FIN3O/c26-20-10-8-19(9-11-20)23-16-28-25(22(29-23)14-17-4-2-1-3-5-17)30-24(31)15-18-6-12-21(27)13-7-18/h1-13,16H,14-15H2,(H,28,30,31). The fourth-order valence-corrected chi connectivity index (χ4v) is 3.53. The molecule has 3 aromatic carbocycles. The smallest absolute Gasteiger partial charge is 0.229 e. The molecule has 0 aliphatic carbocycles. The van der Waals surface area contributed by atoms with Crippen molar-refractivity contribution in [3.8, 4) is 11.3 Å². The van der Waals surface area contributed by atoms with E-state index in [1.165, 1.54) is 12.1 Å². The van der Waals surface area contributed by atoms with E-state index in [-0.39, 0.29) is 18.1 Å². The summed E-state index contributed by atoms with van der Waals surface area (Å²) in [6.07, 6.45) is 2.37. The molecular formula is C25H19FIN3O. The van der Waals surface area contributed by atoms with E-state index in [0.717, 1.165) is 20.3 Å². The fraction of sp³-hybridized carbons (Fsp3) is 0.0800. The SMILES string of the molecule is O=C(Cc1ccc(I)cc1)Nc1ncc(-c2ccc(F)cc2)nc1Cc1ccccc1. The lowest BCUT2D eigenvalue weighted by molar-refractivity contribution is -0.115. The quantitative estimate of drug-likeness (QED) is 0.332. The fourth-order valence-electron chi connectivity index (χ4n) is 3.17. The Bertz CT molecular complexity index is 1180. The summed E-state index contributed by atoms with van der Waals surface area (Å²) in [5, 5.41) is 2.91. The summed E-state index contributed by atoms with van der Waals surface area (Å²) in [5.74, 6) is -0.0229. The Morgan fingerprint density at radius 2 is 1.61 bits per heavy atom. The molecule has 1 amide bonds. The number of carbonyl (C=O) groups is 1. The molecule has 154 valence electrons. The number of carbonyl (C=O) groups excluding carboxylic acids is 1. The van der Waals surface area contributed by atoms with Crippen molar-refractivity contribution in [1.82, 2.24) is 9.97 Å². The van der Waals surface area contributed by atoms with Gasteiger partial charge in [0.05, 0.1) is 24.0 Å². The van der Waals surface area contributed by atoms with Crippen LogP contribution in [0.1, 0.15) is 16.8 Å². The van der Waals surface area contributed by atoms with E-state index in [9.17, 15) is 9.18 Å². The average Bonchev–Trinajstić information content (AvgIpc) is 2.78. The first-order valence-electron chi connectivity index (χ1n) is 9.77. The van der Waals surface area contributed by atoms with E-state index in [2.05, 4.69) is 32.9 Å². The zero-order valence-electron chi connectivity index (χ0n) is 16.6. The molecule has 0 saturated carbocycles. The highest BCUT2D eigenvalue weighted by Gasteiger charge is 2.13. The van der Waals surface area contributed by atoms with Crippen LogP contribution in [0.2, 0.25) is 0 Å². The number of halogens is 2. The second-order valence-electron chi connectivity index (χ2n) is 7.07. The van der Waals surface area contributed by atoms with Crippen molar-refractivity contribution in [3.05, 3.63) is 111 Å². The summed E-state index contributed by atoms with van der Waals surface area (Å²) in [6.45, 7) is 0. The molecule has 4 rings (SSSR count). The Kier molecular flexibility index (Phi) is 6.66. The number of hydrogen-bond acceptors (Lipinski definition) is 3. The molecule has 1 aromatic heterocycles. The second kappa shape index (κ2) is 9.78. The molecule has 0 aliphatic rings.